The molecular weight excluding hydrogens is 206 g/mol. The van der Waals surface area contributed by atoms with E-state index in [0.29, 0.717) is 11.5 Å². The van der Waals surface area contributed by atoms with E-state index < -0.39 is 5.97 Å². The van der Waals surface area contributed by atoms with Crippen molar-refractivity contribution in [3.8, 4) is 17.4 Å². The molecule has 0 aliphatic heterocycles. The zero-order valence-electron chi connectivity index (χ0n) is 9.06. The van der Waals surface area contributed by atoms with E-state index in [9.17, 15) is 4.79 Å². The van der Waals surface area contributed by atoms with E-state index in [2.05, 4.69) is 4.98 Å². The molecular formula is C12H11NO3. The van der Waals surface area contributed by atoms with Gasteiger partial charge in [-0.05, 0) is 6.92 Å². The van der Waals surface area contributed by atoms with Crippen LogP contribution in [0.25, 0.3) is 11.3 Å². The molecule has 0 bridgehead atoms. The molecule has 0 saturated heterocycles. The van der Waals surface area contributed by atoms with Crippen LogP contribution in [-0.4, -0.2) is 11.0 Å². The smallest absolute Gasteiger partial charge is 0.402 e. The van der Waals surface area contributed by atoms with Crippen LogP contribution in [0.3, 0.4) is 0 Å². The molecule has 1 aromatic heterocycles. The van der Waals surface area contributed by atoms with Crippen molar-refractivity contribution in [2.24, 2.45) is 0 Å². The third kappa shape index (κ3) is 2.11. The number of nitrogens with zero attached hydrogens (tertiary/aromatic N) is 1. The van der Waals surface area contributed by atoms with Crippen molar-refractivity contribution in [2.45, 2.75) is 13.8 Å². The van der Waals surface area contributed by atoms with E-state index in [0.717, 1.165) is 5.56 Å². The number of esters is 1. The van der Waals surface area contributed by atoms with E-state index in [1.165, 1.54) is 6.92 Å². The quantitative estimate of drug-likeness (QED) is 0.725. The minimum absolute atomic E-state index is 0.0103. The zero-order chi connectivity index (χ0) is 11.5. The first-order chi connectivity index (χ1) is 7.66. The fourth-order valence-corrected chi connectivity index (χ4v) is 1.40. The summed E-state index contributed by atoms with van der Waals surface area (Å²) in [5, 5.41) is 0. The number of carbonyl (C=O) groups is 1. The summed E-state index contributed by atoms with van der Waals surface area (Å²) in [7, 11) is 0. The van der Waals surface area contributed by atoms with Crippen molar-refractivity contribution in [1.29, 1.82) is 0 Å². The third-order valence-corrected chi connectivity index (χ3v) is 2.04. The summed E-state index contributed by atoms with van der Waals surface area (Å²) in [6, 6.07) is 9.55. The van der Waals surface area contributed by atoms with Gasteiger partial charge in [0, 0.05) is 12.5 Å². The molecule has 0 saturated carbocycles. The van der Waals surface area contributed by atoms with Gasteiger partial charge in [0.2, 0.25) is 0 Å². The lowest BCUT2D eigenvalue weighted by atomic mass is 10.1. The maximum absolute atomic E-state index is 10.7. The summed E-state index contributed by atoms with van der Waals surface area (Å²) >= 11 is 0. The summed E-state index contributed by atoms with van der Waals surface area (Å²) < 4.78 is 10.1. The molecule has 0 aliphatic carbocycles. The van der Waals surface area contributed by atoms with E-state index in [4.69, 9.17) is 9.15 Å². The molecule has 0 spiro atoms. The summed E-state index contributed by atoms with van der Waals surface area (Å²) in [4.78, 5) is 14.8. The Hall–Kier alpha value is -2.10. The van der Waals surface area contributed by atoms with Crippen LogP contribution in [0.5, 0.6) is 6.08 Å². The number of aromatic nitrogens is 1. The number of benzene rings is 1. The van der Waals surface area contributed by atoms with Crippen LogP contribution in [0.4, 0.5) is 0 Å². The molecule has 2 rings (SSSR count). The minimum atomic E-state index is -0.444. The van der Waals surface area contributed by atoms with Gasteiger partial charge in [0.25, 0.3) is 0 Å². The van der Waals surface area contributed by atoms with E-state index in [-0.39, 0.29) is 6.08 Å². The summed E-state index contributed by atoms with van der Waals surface area (Å²) in [6.07, 6.45) is -0.0103. The van der Waals surface area contributed by atoms with Crippen molar-refractivity contribution < 1.29 is 13.9 Å². The van der Waals surface area contributed by atoms with Crippen LogP contribution in [0.2, 0.25) is 0 Å². The Morgan fingerprint density at radius 2 is 2.00 bits per heavy atom. The van der Waals surface area contributed by atoms with E-state index in [1.807, 2.05) is 30.3 Å². The van der Waals surface area contributed by atoms with Gasteiger partial charge in [-0.25, -0.2) is 0 Å². The number of oxazole rings is 1. The van der Waals surface area contributed by atoms with Crippen molar-refractivity contribution >= 4 is 5.97 Å². The zero-order valence-corrected chi connectivity index (χ0v) is 9.06. The Bertz CT molecular complexity index is 502. The second-order valence-electron chi connectivity index (χ2n) is 3.35. The number of ether oxygens (including phenoxy) is 1. The molecule has 0 fully saturated rings. The van der Waals surface area contributed by atoms with Crippen LogP contribution in [0.1, 0.15) is 12.6 Å². The van der Waals surface area contributed by atoms with Gasteiger partial charge < -0.3 is 9.15 Å². The molecule has 0 radical (unpaired) electrons. The monoisotopic (exact) mass is 217 g/mol. The van der Waals surface area contributed by atoms with Gasteiger partial charge in [-0.15, -0.1) is 0 Å². The van der Waals surface area contributed by atoms with Gasteiger partial charge in [-0.3, -0.25) is 4.79 Å². The molecule has 0 N–H and O–H groups in total. The lowest BCUT2D eigenvalue weighted by Crippen LogP contribution is -2.01. The highest BCUT2D eigenvalue weighted by Gasteiger charge is 2.13. The molecule has 0 unspecified atom stereocenters. The standard InChI is InChI=1S/C12H11NO3/c1-8-11(10-6-4-3-5-7-10)16-12(13-8)15-9(2)14/h3-7H,1-2H3. The molecule has 1 aromatic carbocycles. The van der Waals surface area contributed by atoms with E-state index >= 15 is 0 Å². The van der Waals surface area contributed by atoms with Gasteiger partial charge in [-0.2, -0.15) is 4.98 Å². The third-order valence-electron chi connectivity index (χ3n) is 2.04. The summed E-state index contributed by atoms with van der Waals surface area (Å²) in [5.41, 5.74) is 1.60. The Morgan fingerprint density at radius 3 is 2.62 bits per heavy atom. The Labute approximate surface area is 92.9 Å². The molecule has 4 heteroatoms. The van der Waals surface area contributed by atoms with Crippen molar-refractivity contribution in [2.75, 3.05) is 0 Å². The number of hydrogen-bond donors (Lipinski definition) is 0. The molecule has 2 aromatic rings. The lowest BCUT2D eigenvalue weighted by molar-refractivity contribution is -0.133. The van der Waals surface area contributed by atoms with E-state index in [1.54, 1.807) is 6.92 Å². The first kappa shape index (κ1) is 10.4. The maximum atomic E-state index is 10.7. The Morgan fingerprint density at radius 1 is 1.31 bits per heavy atom. The summed E-state index contributed by atoms with van der Waals surface area (Å²) in [6.45, 7) is 3.11. The predicted molar refractivity (Wildman–Crippen MR) is 58.0 cm³/mol. The molecule has 4 nitrogen and oxygen atoms in total. The minimum Gasteiger partial charge on any atom is -0.408 e. The number of rotatable bonds is 2. The van der Waals surface area contributed by atoms with Gasteiger partial charge in [0.15, 0.2) is 5.76 Å². The Kier molecular flexibility index (Phi) is 2.72. The van der Waals surface area contributed by atoms with Gasteiger partial charge in [-0.1, -0.05) is 30.3 Å². The highest BCUT2D eigenvalue weighted by molar-refractivity contribution is 5.68. The average Bonchev–Trinajstić information content (AvgIpc) is 2.60. The van der Waals surface area contributed by atoms with Crippen LogP contribution >= 0.6 is 0 Å². The molecule has 16 heavy (non-hydrogen) atoms. The van der Waals surface area contributed by atoms with Gasteiger partial charge in [0.05, 0.1) is 5.69 Å². The van der Waals surface area contributed by atoms with Crippen molar-refractivity contribution in [3.05, 3.63) is 36.0 Å². The van der Waals surface area contributed by atoms with Crippen LogP contribution in [0, 0.1) is 6.92 Å². The first-order valence-corrected chi connectivity index (χ1v) is 4.88. The second-order valence-corrected chi connectivity index (χ2v) is 3.35. The highest BCUT2D eigenvalue weighted by atomic mass is 16.6. The summed E-state index contributed by atoms with van der Waals surface area (Å²) in [5.74, 6) is 0.178. The number of aryl methyl sites for hydroxylation is 1. The average molecular weight is 217 g/mol. The predicted octanol–water partition coefficient (Wildman–Crippen LogP) is 2.58. The molecule has 0 atom stereocenters. The SMILES string of the molecule is CC(=O)Oc1nc(C)c(-c2ccccc2)o1. The topological polar surface area (TPSA) is 52.3 Å². The Balaban J connectivity index is 2.36. The van der Waals surface area contributed by atoms with Gasteiger partial charge in [0.1, 0.15) is 0 Å². The lowest BCUT2D eigenvalue weighted by Gasteiger charge is -1.95. The molecule has 82 valence electrons. The molecule has 0 aliphatic rings. The maximum Gasteiger partial charge on any atom is 0.402 e. The molecule has 1 heterocycles. The normalized spacial score (nSPS) is 10.1. The van der Waals surface area contributed by atoms with Crippen molar-refractivity contribution in [3.63, 3.8) is 0 Å². The largest absolute Gasteiger partial charge is 0.408 e. The van der Waals surface area contributed by atoms with Crippen LogP contribution in [-0.2, 0) is 4.79 Å². The molecule has 0 amide bonds. The fourth-order valence-electron chi connectivity index (χ4n) is 1.40. The first-order valence-electron chi connectivity index (χ1n) is 4.88. The highest BCUT2D eigenvalue weighted by Crippen LogP contribution is 2.27. The number of carbonyl (C=O) groups excluding carboxylic acids is 1. The second kappa shape index (κ2) is 4.18. The van der Waals surface area contributed by atoms with Crippen LogP contribution in [0.15, 0.2) is 34.7 Å². The fraction of sp³-hybridized carbons (Fsp3) is 0.167. The van der Waals surface area contributed by atoms with Crippen LogP contribution < -0.4 is 4.74 Å². The number of hydrogen-bond acceptors (Lipinski definition) is 4. The van der Waals surface area contributed by atoms with Gasteiger partial charge >= 0.3 is 12.0 Å². The van der Waals surface area contributed by atoms with Crippen molar-refractivity contribution in [1.82, 2.24) is 4.98 Å².